The summed E-state index contributed by atoms with van der Waals surface area (Å²) in [4.78, 5) is 0. The zero-order chi connectivity index (χ0) is 7.28. The van der Waals surface area contributed by atoms with E-state index in [0.29, 0.717) is 18.8 Å². The topological polar surface area (TPSA) is 66.5 Å². The zero-order valence-electron chi connectivity index (χ0n) is 5.75. The number of rotatable bonds is 4. The van der Waals surface area contributed by atoms with Crippen LogP contribution in [0.2, 0.25) is 6.32 Å². The average Bonchev–Trinajstić information content (AvgIpc) is 1.83. The van der Waals surface area contributed by atoms with Gasteiger partial charge in [-0.15, -0.1) is 0 Å². The summed E-state index contributed by atoms with van der Waals surface area (Å²) < 4.78 is 0. The molecule has 0 aliphatic carbocycles. The Hall–Kier alpha value is -0.0551. The van der Waals surface area contributed by atoms with Gasteiger partial charge in [-0.25, -0.2) is 0 Å². The van der Waals surface area contributed by atoms with Crippen molar-refractivity contribution in [2.45, 2.75) is 19.7 Å². The van der Waals surface area contributed by atoms with Crippen LogP contribution >= 0.6 is 0 Å². The molecule has 54 valence electrons. The van der Waals surface area contributed by atoms with Crippen LogP contribution in [0.4, 0.5) is 0 Å². The van der Waals surface area contributed by atoms with Gasteiger partial charge >= 0.3 is 7.12 Å². The highest BCUT2D eigenvalue weighted by atomic mass is 16.4. The molecule has 0 aromatic heterocycles. The van der Waals surface area contributed by atoms with Crippen molar-refractivity contribution in [3.63, 3.8) is 0 Å². The quantitative estimate of drug-likeness (QED) is 0.448. The van der Waals surface area contributed by atoms with E-state index >= 15 is 0 Å². The Kier molecular flexibility index (Phi) is 4.76. The van der Waals surface area contributed by atoms with Crippen molar-refractivity contribution in [3.05, 3.63) is 0 Å². The molecule has 0 aromatic rings. The minimum atomic E-state index is -1.17. The highest BCUT2D eigenvalue weighted by Crippen LogP contribution is 2.03. The smallest absolute Gasteiger partial charge is 0.427 e. The number of nitrogens with two attached hydrogens (primary N) is 1. The molecule has 0 rings (SSSR count). The maximum Gasteiger partial charge on any atom is 0.451 e. The predicted octanol–water partition coefficient (Wildman–Crippen LogP) is -0.556. The summed E-state index contributed by atoms with van der Waals surface area (Å²) in [7, 11) is -1.17. The molecule has 0 aromatic carbocycles. The average molecular weight is 131 g/mol. The Balaban J connectivity index is 3.06. The molecule has 1 atom stereocenters. The second-order valence-corrected chi connectivity index (χ2v) is 2.40. The second-order valence-electron chi connectivity index (χ2n) is 2.40. The van der Waals surface area contributed by atoms with Crippen molar-refractivity contribution in [3.8, 4) is 0 Å². The molecule has 0 aliphatic heterocycles. The van der Waals surface area contributed by atoms with Gasteiger partial charge in [0.1, 0.15) is 0 Å². The third-order valence-electron chi connectivity index (χ3n) is 1.32. The van der Waals surface area contributed by atoms with Gasteiger partial charge in [-0.1, -0.05) is 13.3 Å². The van der Waals surface area contributed by atoms with Crippen molar-refractivity contribution in [2.24, 2.45) is 11.7 Å². The van der Waals surface area contributed by atoms with Crippen LogP contribution in [0.15, 0.2) is 0 Å². The highest BCUT2D eigenvalue weighted by molar-refractivity contribution is 6.40. The normalized spacial score (nSPS) is 13.3. The van der Waals surface area contributed by atoms with Gasteiger partial charge in [0.15, 0.2) is 0 Å². The zero-order valence-corrected chi connectivity index (χ0v) is 5.75. The maximum atomic E-state index is 8.41. The van der Waals surface area contributed by atoms with Gasteiger partial charge in [-0.05, 0) is 18.8 Å². The van der Waals surface area contributed by atoms with E-state index in [0.717, 1.165) is 6.42 Å². The lowest BCUT2D eigenvalue weighted by molar-refractivity contribution is 0.395. The Morgan fingerprint density at radius 1 is 1.56 bits per heavy atom. The van der Waals surface area contributed by atoms with Crippen LogP contribution in [-0.4, -0.2) is 23.7 Å². The van der Waals surface area contributed by atoms with E-state index in [-0.39, 0.29) is 0 Å². The van der Waals surface area contributed by atoms with Crippen LogP contribution in [0, 0.1) is 5.92 Å². The van der Waals surface area contributed by atoms with E-state index < -0.39 is 7.12 Å². The van der Waals surface area contributed by atoms with Gasteiger partial charge in [0, 0.05) is 0 Å². The van der Waals surface area contributed by atoms with Crippen LogP contribution < -0.4 is 5.73 Å². The Labute approximate surface area is 56.0 Å². The molecular weight excluding hydrogens is 117 g/mol. The molecule has 3 nitrogen and oxygen atoms in total. The number of hydrogen-bond acceptors (Lipinski definition) is 3. The number of hydrogen-bond donors (Lipinski definition) is 3. The second kappa shape index (κ2) is 4.79. The minimum Gasteiger partial charge on any atom is -0.427 e. The molecule has 0 spiro atoms. The fourth-order valence-electron chi connectivity index (χ4n) is 0.551. The minimum absolute atomic E-state index is 0.395. The molecule has 0 saturated carbocycles. The summed E-state index contributed by atoms with van der Waals surface area (Å²) in [5.41, 5.74) is 5.29. The van der Waals surface area contributed by atoms with E-state index in [9.17, 15) is 0 Å². The fourth-order valence-corrected chi connectivity index (χ4v) is 0.551. The van der Waals surface area contributed by atoms with Crippen molar-refractivity contribution in [1.29, 1.82) is 0 Å². The van der Waals surface area contributed by atoms with Crippen LogP contribution in [0.5, 0.6) is 0 Å². The highest BCUT2D eigenvalue weighted by Gasteiger charge is 2.08. The largest absolute Gasteiger partial charge is 0.451 e. The van der Waals surface area contributed by atoms with Gasteiger partial charge in [0.05, 0.1) is 0 Å². The third-order valence-corrected chi connectivity index (χ3v) is 1.32. The van der Waals surface area contributed by atoms with E-state index in [2.05, 4.69) is 0 Å². The van der Waals surface area contributed by atoms with Crippen molar-refractivity contribution in [2.75, 3.05) is 6.54 Å². The molecule has 0 saturated heterocycles. The van der Waals surface area contributed by atoms with Crippen LogP contribution in [0.1, 0.15) is 13.3 Å². The lowest BCUT2D eigenvalue weighted by Gasteiger charge is -2.05. The van der Waals surface area contributed by atoms with Gasteiger partial charge in [-0.3, -0.25) is 0 Å². The van der Waals surface area contributed by atoms with Gasteiger partial charge < -0.3 is 15.8 Å². The van der Waals surface area contributed by atoms with E-state index in [1.807, 2.05) is 6.92 Å². The van der Waals surface area contributed by atoms with E-state index in [4.69, 9.17) is 15.8 Å². The lowest BCUT2D eigenvalue weighted by atomic mass is 9.81. The summed E-state index contributed by atoms with van der Waals surface area (Å²) in [6.07, 6.45) is 1.21. The SMILES string of the molecule is CC(CN)CCB(O)O. The standard InChI is InChI=1S/C5H14BNO2/c1-5(4-7)2-3-6(8)9/h5,8-9H,2-4,7H2,1H3. The van der Waals surface area contributed by atoms with Crippen molar-refractivity contribution >= 4 is 7.12 Å². The first kappa shape index (κ1) is 8.94. The van der Waals surface area contributed by atoms with Gasteiger partial charge in [-0.2, -0.15) is 0 Å². The molecule has 0 amide bonds. The van der Waals surface area contributed by atoms with Crippen molar-refractivity contribution in [1.82, 2.24) is 0 Å². The molecule has 0 aliphatic rings. The van der Waals surface area contributed by atoms with E-state index in [1.54, 1.807) is 0 Å². The Morgan fingerprint density at radius 2 is 2.11 bits per heavy atom. The van der Waals surface area contributed by atoms with Crippen LogP contribution in [0.3, 0.4) is 0 Å². The monoisotopic (exact) mass is 131 g/mol. The molecule has 9 heavy (non-hydrogen) atoms. The first-order chi connectivity index (χ1) is 4.16. The summed E-state index contributed by atoms with van der Waals surface area (Å²) in [5, 5.41) is 16.8. The lowest BCUT2D eigenvalue weighted by Crippen LogP contribution is -2.16. The molecular formula is C5H14BNO2. The summed E-state index contributed by atoms with van der Waals surface area (Å²) in [6, 6.07) is 0. The molecule has 4 heteroatoms. The third kappa shape index (κ3) is 5.82. The van der Waals surface area contributed by atoms with Crippen LogP contribution in [-0.2, 0) is 0 Å². The molecule has 0 radical (unpaired) electrons. The van der Waals surface area contributed by atoms with E-state index in [1.165, 1.54) is 0 Å². The molecule has 0 bridgehead atoms. The Bertz CT molecular complexity index is 70.0. The molecule has 0 fully saturated rings. The fraction of sp³-hybridized carbons (Fsp3) is 1.00. The molecule has 1 unspecified atom stereocenters. The van der Waals surface area contributed by atoms with Gasteiger partial charge in [0.25, 0.3) is 0 Å². The summed E-state index contributed by atoms with van der Waals surface area (Å²) >= 11 is 0. The molecule has 0 heterocycles. The molecule has 4 N–H and O–H groups in total. The first-order valence-corrected chi connectivity index (χ1v) is 3.23. The van der Waals surface area contributed by atoms with Crippen LogP contribution in [0.25, 0.3) is 0 Å². The predicted molar refractivity (Wildman–Crippen MR) is 37.8 cm³/mol. The first-order valence-electron chi connectivity index (χ1n) is 3.23. The maximum absolute atomic E-state index is 8.41. The summed E-state index contributed by atoms with van der Waals surface area (Å²) in [5.74, 6) is 0.395. The Morgan fingerprint density at radius 3 is 2.44 bits per heavy atom. The summed E-state index contributed by atoms with van der Waals surface area (Å²) in [6.45, 7) is 2.61. The van der Waals surface area contributed by atoms with Crippen molar-refractivity contribution < 1.29 is 10.0 Å². The van der Waals surface area contributed by atoms with Gasteiger partial charge in [0.2, 0.25) is 0 Å².